The molecule has 6 heteroatoms. The van der Waals surface area contributed by atoms with Gasteiger partial charge in [0.2, 0.25) is 0 Å². The van der Waals surface area contributed by atoms with Gasteiger partial charge >= 0.3 is 0 Å². The maximum Gasteiger partial charge on any atom is 0.256 e. The van der Waals surface area contributed by atoms with Gasteiger partial charge in [0.1, 0.15) is 11.6 Å². The van der Waals surface area contributed by atoms with Gasteiger partial charge in [-0.3, -0.25) is 4.79 Å². The molecule has 1 N–H and O–H groups in total. The Morgan fingerprint density at radius 1 is 1.05 bits per heavy atom. The fourth-order valence-electron chi connectivity index (χ4n) is 1.62. The van der Waals surface area contributed by atoms with E-state index >= 15 is 0 Å². The van der Waals surface area contributed by atoms with Crippen molar-refractivity contribution >= 4 is 43.5 Å². The summed E-state index contributed by atoms with van der Waals surface area (Å²) in [5.74, 6) is -2.03. The summed E-state index contributed by atoms with van der Waals surface area (Å²) in [4.78, 5) is 12.1. The van der Waals surface area contributed by atoms with Crippen LogP contribution in [0.1, 0.15) is 15.9 Å². The van der Waals surface area contributed by atoms with E-state index in [0.717, 1.165) is 5.56 Å². The van der Waals surface area contributed by atoms with Crippen LogP contribution in [0.2, 0.25) is 0 Å². The highest BCUT2D eigenvalue weighted by atomic mass is 79.9. The Bertz CT molecular complexity index is 689. The third kappa shape index (κ3) is 3.24. The predicted octanol–water partition coefficient (Wildman–Crippen LogP) is 5.05. The Hall–Kier alpha value is -1.27. The summed E-state index contributed by atoms with van der Waals surface area (Å²) in [6, 6.07) is 7.16. The van der Waals surface area contributed by atoms with E-state index in [1.165, 1.54) is 6.07 Å². The SMILES string of the molecule is Cc1ccc(Br)c(C(=O)Nc2cc(Br)c(F)cc2F)c1. The number of carbonyl (C=O) groups is 1. The van der Waals surface area contributed by atoms with Gasteiger partial charge in [0.25, 0.3) is 5.91 Å². The van der Waals surface area contributed by atoms with Crippen LogP contribution in [0, 0.1) is 18.6 Å². The molecular formula is C14H9Br2F2NO. The van der Waals surface area contributed by atoms with Gasteiger partial charge in [-0.25, -0.2) is 8.78 Å². The molecule has 0 aliphatic rings. The summed E-state index contributed by atoms with van der Waals surface area (Å²) in [5.41, 5.74) is 1.20. The third-order valence-electron chi connectivity index (χ3n) is 2.62. The number of hydrogen-bond acceptors (Lipinski definition) is 1. The molecule has 2 nitrogen and oxygen atoms in total. The number of amides is 1. The number of aryl methyl sites for hydroxylation is 1. The Kier molecular flexibility index (Phi) is 4.55. The fourth-order valence-corrected chi connectivity index (χ4v) is 2.39. The first-order chi connectivity index (χ1) is 9.38. The highest BCUT2D eigenvalue weighted by molar-refractivity contribution is 9.10. The molecule has 0 saturated carbocycles. The summed E-state index contributed by atoms with van der Waals surface area (Å²) < 4.78 is 27.4. The van der Waals surface area contributed by atoms with Crippen molar-refractivity contribution < 1.29 is 13.6 Å². The van der Waals surface area contributed by atoms with E-state index < -0.39 is 17.5 Å². The smallest absolute Gasteiger partial charge is 0.256 e. The first kappa shape index (κ1) is 15.1. The maximum atomic E-state index is 13.6. The highest BCUT2D eigenvalue weighted by Crippen LogP contribution is 2.25. The number of anilines is 1. The standard InChI is InChI=1S/C14H9Br2F2NO/c1-7-2-3-9(15)8(4-7)14(20)19-13-5-10(16)11(17)6-12(13)18/h2-6H,1H3,(H,19,20). The van der Waals surface area contributed by atoms with E-state index in [0.29, 0.717) is 16.1 Å². The fraction of sp³-hybridized carbons (Fsp3) is 0.0714. The molecule has 0 aliphatic heterocycles. The van der Waals surface area contributed by atoms with E-state index in [9.17, 15) is 13.6 Å². The van der Waals surface area contributed by atoms with Gasteiger partial charge in [-0.1, -0.05) is 11.6 Å². The summed E-state index contributed by atoms with van der Waals surface area (Å²) >= 11 is 6.22. The zero-order chi connectivity index (χ0) is 14.9. The molecule has 20 heavy (non-hydrogen) atoms. The average Bonchev–Trinajstić information content (AvgIpc) is 2.38. The van der Waals surface area contributed by atoms with Crippen molar-refractivity contribution in [3.05, 3.63) is 62.0 Å². The topological polar surface area (TPSA) is 29.1 Å². The summed E-state index contributed by atoms with van der Waals surface area (Å²) in [6.07, 6.45) is 0. The number of hydrogen-bond donors (Lipinski definition) is 1. The molecule has 0 fully saturated rings. The second-order valence-electron chi connectivity index (χ2n) is 4.18. The van der Waals surface area contributed by atoms with Crippen LogP contribution in [0.5, 0.6) is 0 Å². The van der Waals surface area contributed by atoms with E-state index in [2.05, 4.69) is 37.2 Å². The molecule has 0 aromatic heterocycles. The zero-order valence-corrected chi connectivity index (χ0v) is 13.5. The number of carbonyl (C=O) groups excluding carboxylic acids is 1. The van der Waals surface area contributed by atoms with Crippen LogP contribution in [0.4, 0.5) is 14.5 Å². The molecule has 0 aliphatic carbocycles. The summed E-state index contributed by atoms with van der Waals surface area (Å²) in [5, 5.41) is 2.42. The minimum atomic E-state index is -0.831. The van der Waals surface area contributed by atoms with Crippen molar-refractivity contribution in [2.45, 2.75) is 6.92 Å². The van der Waals surface area contributed by atoms with Crippen LogP contribution < -0.4 is 5.32 Å². The number of nitrogens with one attached hydrogen (secondary N) is 1. The van der Waals surface area contributed by atoms with Crippen molar-refractivity contribution in [3.63, 3.8) is 0 Å². The van der Waals surface area contributed by atoms with Crippen LogP contribution in [0.15, 0.2) is 39.3 Å². The summed E-state index contributed by atoms with van der Waals surface area (Å²) in [7, 11) is 0. The molecule has 2 aromatic rings. The van der Waals surface area contributed by atoms with E-state index in [1.54, 1.807) is 12.1 Å². The molecule has 1 amide bonds. The van der Waals surface area contributed by atoms with Gasteiger partial charge in [-0.2, -0.15) is 0 Å². The molecule has 0 heterocycles. The van der Waals surface area contributed by atoms with E-state index in [1.807, 2.05) is 13.0 Å². The molecule has 2 rings (SSSR count). The van der Waals surface area contributed by atoms with Gasteiger partial charge in [0.05, 0.1) is 15.7 Å². The van der Waals surface area contributed by atoms with Crippen molar-refractivity contribution in [1.82, 2.24) is 0 Å². The van der Waals surface area contributed by atoms with Gasteiger partial charge < -0.3 is 5.32 Å². The Morgan fingerprint density at radius 2 is 1.75 bits per heavy atom. The zero-order valence-electron chi connectivity index (χ0n) is 10.3. The van der Waals surface area contributed by atoms with Gasteiger partial charge in [-0.15, -0.1) is 0 Å². The molecule has 2 aromatic carbocycles. The molecule has 104 valence electrons. The second kappa shape index (κ2) is 6.01. The lowest BCUT2D eigenvalue weighted by molar-refractivity contribution is 0.102. The molecule has 0 bridgehead atoms. The first-order valence-corrected chi connectivity index (χ1v) is 7.19. The van der Waals surface area contributed by atoms with Crippen LogP contribution >= 0.6 is 31.9 Å². The molecule has 0 spiro atoms. The van der Waals surface area contributed by atoms with Crippen molar-refractivity contribution in [1.29, 1.82) is 0 Å². The Balaban J connectivity index is 2.32. The Morgan fingerprint density at radius 3 is 2.45 bits per heavy atom. The summed E-state index contributed by atoms with van der Waals surface area (Å²) in [6.45, 7) is 1.85. The second-order valence-corrected chi connectivity index (χ2v) is 5.89. The van der Waals surface area contributed by atoms with Crippen molar-refractivity contribution in [3.8, 4) is 0 Å². The van der Waals surface area contributed by atoms with Gasteiger partial charge in [0.15, 0.2) is 0 Å². The van der Waals surface area contributed by atoms with Gasteiger partial charge in [0, 0.05) is 10.5 Å². The lowest BCUT2D eigenvalue weighted by Crippen LogP contribution is -2.14. The minimum Gasteiger partial charge on any atom is -0.319 e. The van der Waals surface area contributed by atoms with Gasteiger partial charge in [-0.05, 0) is 57.0 Å². The molecule has 0 unspecified atom stereocenters. The molecule has 0 atom stereocenters. The van der Waals surface area contributed by atoms with Crippen LogP contribution in [-0.2, 0) is 0 Å². The van der Waals surface area contributed by atoms with Crippen molar-refractivity contribution in [2.75, 3.05) is 5.32 Å². The number of benzene rings is 2. The third-order valence-corrected chi connectivity index (χ3v) is 3.92. The minimum absolute atomic E-state index is 0.0810. The largest absolute Gasteiger partial charge is 0.319 e. The lowest BCUT2D eigenvalue weighted by Gasteiger charge is -2.09. The predicted molar refractivity (Wildman–Crippen MR) is 80.9 cm³/mol. The quantitative estimate of drug-likeness (QED) is 0.697. The maximum absolute atomic E-state index is 13.6. The van der Waals surface area contributed by atoms with Crippen LogP contribution in [-0.4, -0.2) is 5.91 Å². The van der Waals surface area contributed by atoms with Crippen molar-refractivity contribution in [2.24, 2.45) is 0 Å². The monoisotopic (exact) mass is 403 g/mol. The lowest BCUT2D eigenvalue weighted by atomic mass is 10.1. The van der Waals surface area contributed by atoms with E-state index in [4.69, 9.17) is 0 Å². The highest BCUT2D eigenvalue weighted by Gasteiger charge is 2.14. The molecule has 0 saturated heterocycles. The number of halogens is 4. The first-order valence-electron chi connectivity index (χ1n) is 5.60. The molecule has 0 radical (unpaired) electrons. The van der Waals surface area contributed by atoms with Crippen LogP contribution in [0.25, 0.3) is 0 Å². The number of rotatable bonds is 2. The molecular weight excluding hydrogens is 396 g/mol. The average molecular weight is 405 g/mol. The normalized spacial score (nSPS) is 10.4. The van der Waals surface area contributed by atoms with E-state index in [-0.39, 0.29) is 10.2 Å². The van der Waals surface area contributed by atoms with Crippen LogP contribution in [0.3, 0.4) is 0 Å². The Labute approximate surface area is 131 Å².